The van der Waals surface area contributed by atoms with Crippen LogP contribution in [0.1, 0.15) is 29.0 Å². The second kappa shape index (κ2) is 5.31. The summed E-state index contributed by atoms with van der Waals surface area (Å²) in [5.41, 5.74) is 2.76. The predicted octanol–water partition coefficient (Wildman–Crippen LogP) is 2.99. The van der Waals surface area contributed by atoms with E-state index in [9.17, 15) is 0 Å². The number of pyridine rings is 1. The number of aromatic nitrogens is 1. The first-order valence-corrected chi connectivity index (χ1v) is 7.60. The third-order valence-corrected chi connectivity index (χ3v) is 4.76. The summed E-state index contributed by atoms with van der Waals surface area (Å²) in [5.74, 6) is 1.09. The van der Waals surface area contributed by atoms with E-state index < -0.39 is 0 Å². The van der Waals surface area contributed by atoms with Crippen LogP contribution in [0.2, 0.25) is 0 Å². The molecule has 100 valence electrons. The lowest BCUT2D eigenvalue weighted by Crippen LogP contribution is -2.33. The second-order valence-corrected chi connectivity index (χ2v) is 5.97. The number of fused-ring (bicyclic) bond motifs is 1. The van der Waals surface area contributed by atoms with Crippen molar-refractivity contribution in [3.8, 4) is 0 Å². The van der Waals surface area contributed by atoms with Crippen molar-refractivity contribution in [3.63, 3.8) is 0 Å². The van der Waals surface area contributed by atoms with Crippen LogP contribution < -0.4 is 10.2 Å². The molecule has 0 aliphatic carbocycles. The number of nitrogens with zero attached hydrogens (tertiary/aromatic N) is 2. The van der Waals surface area contributed by atoms with Crippen molar-refractivity contribution in [1.29, 1.82) is 0 Å². The quantitative estimate of drug-likeness (QED) is 0.932. The first kappa shape index (κ1) is 12.6. The van der Waals surface area contributed by atoms with Gasteiger partial charge < -0.3 is 10.2 Å². The molecule has 0 aromatic carbocycles. The van der Waals surface area contributed by atoms with Gasteiger partial charge in [0.15, 0.2) is 0 Å². The van der Waals surface area contributed by atoms with Gasteiger partial charge >= 0.3 is 0 Å². The molecule has 0 bridgehead atoms. The summed E-state index contributed by atoms with van der Waals surface area (Å²) in [6.45, 7) is 4.23. The van der Waals surface area contributed by atoms with Crippen LogP contribution in [0, 0.1) is 0 Å². The first-order chi connectivity index (χ1) is 9.29. The molecule has 1 aliphatic rings. The molecule has 2 aromatic heterocycles. The van der Waals surface area contributed by atoms with Crippen LogP contribution in [0.5, 0.6) is 0 Å². The summed E-state index contributed by atoms with van der Waals surface area (Å²) in [4.78, 5) is 8.50. The maximum absolute atomic E-state index is 4.55. The molecular formula is C15H19N3S. The zero-order valence-corrected chi connectivity index (χ0v) is 12.2. The van der Waals surface area contributed by atoms with E-state index in [1.54, 1.807) is 0 Å². The molecule has 19 heavy (non-hydrogen) atoms. The summed E-state index contributed by atoms with van der Waals surface area (Å²) >= 11 is 1.88. The SMILES string of the molecule is CNCc1ccnc(N2CCc3sccc3C2C)c1. The highest BCUT2D eigenvalue weighted by Crippen LogP contribution is 2.35. The molecule has 1 N–H and O–H groups in total. The molecule has 3 nitrogen and oxygen atoms in total. The summed E-state index contributed by atoms with van der Waals surface area (Å²) in [6.07, 6.45) is 3.05. The number of rotatable bonds is 3. The zero-order chi connectivity index (χ0) is 13.2. The topological polar surface area (TPSA) is 28.2 Å². The lowest BCUT2D eigenvalue weighted by molar-refractivity contribution is 0.624. The van der Waals surface area contributed by atoms with Crippen LogP contribution in [0.3, 0.4) is 0 Å². The monoisotopic (exact) mass is 273 g/mol. The first-order valence-electron chi connectivity index (χ1n) is 6.72. The molecule has 0 spiro atoms. The Labute approximate surface area is 118 Å². The van der Waals surface area contributed by atoms with E-state index in [0.29, 0.717) is 6.04 Å². The van der Waals surface area contributed by atoms with Crippen molar-refractivity contribution >= 4 is 17.2 Å². The number of hydrogen-bond acceptors (Lipinski definition) is 4. The number of nitrogens with one attached hydrogen (secondary N) is 1. The highest BCUT2D eigenvalue weighted by molar-refractivity contribution is 7.10. The molecule has 2 aromatic rings. The summed E-state index contributed by atoms with van der Waals surface area (Å²) < 4.78 is 0. The molecule has 1 atom stereocenters. The van der Waals surface area contributed by atoms with Crippen LogP contribution in [0.4, 0.5) is 5.82 Å². The Bertz CT molecular complexity index is 564. The largest absolute Gasteiger partial charge is 0.349 e. The third-order valence-electron chi connectivity index (χ3n) is 3.76. The highest BCUT2D eigenvalue weighted by Gasteiger charge is 2.25. The molecule has 1 aliphatic heterocycles. The van der Waals surface area contributed by atoms with Crippen molar-refractivity contribution in [3.05, 3.63) is 45.8 Å². The van der Waals surface area contributed by atoms with Gasteiger partial charge in [0.05, 0.1) is 6.04 Å². The summed E-state index contributed by atoms with van der Waals surface area (Å²) in [5, 5.41) is 5.40. The lowest BCUT2D eigenvalue weighted by Gasteiger charge is -2.34. The van der Waals surface area contributed by atoms with Gasteiger partial charge in [-0.1, -0.05) is 0 Å². The minimum Gasteiger partial charge on any atom is -0.349 e. The van der Waals surface area contributed by atoms with E-state index in [1.807, 2.05) is 24.6 Å². The molecule has 0 amide bonds. The Balaban J connectivity index is 1.89. The minimum absolute atomic E-state index is 0.423. The molecule has 3 rings (SSSR count). The average molecular weight is 273 g/mol. The fraction of sp³-hybridized carbons (Fsp3) is 0.400. The minimum atomic E-state index is 0.423. The van der Waals surface area contributed by atoms with Gasteiger partial charge in [0.1, 0.15) is 5.82 Å². The second-order valence-electron chi connectivity index (χ2n) is 4.97. The van der Waals surface area contributed by atoms with Crippen molar-refractivity contribution in [2.45, 2.75) is 25.9 Å². The van der Waals surface area contributed by atoms with Gasteiger partial charge in [-0.15, -0.1) is 11.3 Å². The van der Waals surface area contributed by atoms with Gasteiger partial charge in [-0.2, -0.15) is 0 Å². The van der Waals surface area contributed by atoms with Crippen LogP contribution >= 0.6 is 11.3 Å². The molecule has 0 fully saturated rings. The zero-order valence-electron chi connectivity index (χ0n) is 11.4. The molecule has 3 heterocycles. The van der Waals surface area contributed by atoms with Crippen molar-refractivity contribution in [1.82, 2.24) is 10.3 Å². The van der Waals surface area contributed by atoms with E-state index in [1.165, 1.54) is 16.0 Å². The maximum Gasteiger partial charge on any atom is 0.129 e. The highest BCUT2D eigenvalue weighted by atomic mass is 32.1. The van der Waals surface area contributed by atoms with Crippen LogP contribution in [-0.4, -0.2) is 18.6 Å². The molecule has 0 radical (unpaired) electrons. The van der Waals surface area contributed by atoms with Gasteiger partial charge in [-0.3, -0.25) is 0 Å². The Kier molecular flexibility index (Phi) is 3.53. The van der Waals surface area contributed by atoms with Crippen LogP contribution in [-0.2, 0) is 13.0 Å². The van der Waals surface area contributed by atoms with E-state index in [4.69, 9.17) is 0 Å². The Hall–Kier alpha value is -1.39. The number of anilines is 1. The van der Waals surface area contributed by atoms with E-state index in [-0.39, 0.29) is 0 Å². The Morgan fingerprint density at radius 3 is 3.21 bits per heavy atom. The van der Waals surface area contributed by atoms with Crippen molar-refractivity contribution < 1.29 is 0 Å². The fourth-order valence-electron chi connectivity index (χ4n) is 2.75. The number of hydrogen-bond donors (Lipinski definition) is 1. The normalized spacial score (nSPS) is 18.4. The molecule has 4 heteroatoms. The Morgan fingerprint density at radius 2 is 2.37 bits per heavy atom. The predicted molar refractivity (Wildman–Crippen MR) is 80.8 cm³/mol. The molecule has 0 saturated heterocycles. The Morgan fingerprint density at radius 1 is 1.47 bits per heavy atom. The van der Waals surface area contributed by atoms with E-state index in [2.05, 4.69) is 45.7 Å². The van der Waals surface area contributed by atoms with Crippen molar-refractivity contribution in [2.75, 3.05) is 18.5 Å². The average Bonchev–Trinajstić information content (AvgIpc) is 2.89. The summed E-state index contributed by atoms with van der Waals surface area (Å²) in [7, 11) is 1.97. The lowest BCUT2D eigenvalue weighted by atomic mass is 10.0. The molecule has 1 unspecified atom stereocenters. The van der Waals surface area contributed by atoms with E-state index >= 15 is 0 Å². The van der Waals surface area contributed by atoms with Crippen molar-refractivity contribution in [2.24, 2.45) is 0 Å². The molecule has 0 saturated carbocycles. The smallest absolute Gasteiger partial charge is 0.129 e. The van der Waals surface area contributed by atoms with E-state index in [0.717, 1.165) is 25.3 Å². The van der Waals surface area contributed by atoms with Gasteiger partial charge in [0.25, 0.3) is 0 Å². The summed E-state index contributed by atoms with van der Waals surface area (Å²) in [6, 6.07) is 6.95. The van der Waals surface area contributed by atoms with Crippen LogP contribution in [0.15, 0.2) is 29.8 Å². The van der Waals surface area contributed by atoms with Gasteiger partial charge in [0.2, 0.25) is 0 Å². The van der Waals surface area contributed by atoms with Gasteiger partial charge in [-0.05, 0) is 55.1 Å². The standard InChI is InChI=1S/C15H19N3S/c1-11-13-5-8-19-14(13)4-7-18(11)15-9-12(10-16-2)3-6-17-15/h3,5-6,8-9,11,16H,4,7,10H2,1-2H3. The van der Waals surface area contributed by atoms with Crippen LogP contribution in [0.25, 0.3) is 0 Å². The third kappa shape index (κ3) is 2.38. The van der Waals surface area contributed by atoms with Gasteiger partial charge in [-0.25, -0.2) is 4.98 Å². The number of thiophene rings is 1. The molecular weight excluding hydrogens is 254 g/mol. The fourth-order valence-corrected chi connectivity index (χ4v) is 3.72. The maximum atomic E-state index is 4.55. The van der Waals surface area contributed by atoms with Gasteiger partial charge in [0, 0.05) is 24.2 Å².